The van der Waals surface area contributed by atoms with Gasteiger partial charge >= 0.3 is 0 Å². The molecule has 7 heteroatoms. The number of amides is 1. The average molecular weight is 450 g/mol. The van der Waals surface area contributed by atoms with Crippen LogP contribution in [0.5, 0.6) is 0 Å². The molecular weight excluding hydrogens is 426 g/mol. The van der Waals surface area contributed by atoms with Crippen LogP contribution in [0, 0.1) is 18.8 Å². The smallest absolute Gasteiger partial charge is 0.242 e. The molecule has 0 bridgehead atoms. The maximum atomic E-state index is 12.4. The van der Waals surface area contributed by atoms with Crippen molar-refractivity contribution in [1.29, 1.82) is 0 Å². The molecule has 5 rings (SSSR count). The van der Waals surface area contributed by atoms with Crippen LogP contribution in [0.15, 0.2) is 71.3 Å². The lowest BCUT2D eigenvalue weighted by molar-refractivity contribution is -0.117. The molecule has 0 radical (unpaired) electrons. The number of carbonyl (C=O) groups is 1. The summed E-state index contributed by atoms with van der Waals surface area (Å²) in [4.78, 5) is 21.8. The van der Waals surface area contributed by atoms with Gasteiger partial charge in [0, 0.05) is 23.2 Å². The first-order valence-corrected chi connectivity index (χ1v) is 11.0. The monoisotopic (exact) mass is 449 g/mol. The molecular formula is C27H23N5O2. The minimum atomic E-state index is -0.354. The Morgan fingerprint density at radius 2 is 1.88 bits per heavy atom. The molecule has 168 valence electrons. The molecule has 1 amide bonds. The molecule has 1 unspecified atom stereocenters. The maximum absolute atomic E-state index is 12.4. The Hall–Kier alpha value is -4.41. The number of hydrogen-bond acceptors (Lipinski definition) is 5. The molecule has 2 N–H and O–H groups in total. The Morgan fingerprint density at radius 3 is 2.71 bits per heavy atom. The molecule has 4 aromatic heterocycles. The number of carbonyl (C=O) groups excluding carboxylic acids is 1. The topological polar surface area (TPSA) is 84.5 Å². The summed E-state index contributed by atoms with van der Waals surface area (Å²) in [5.41, 5.74) is 4.72. The number of para-hydroxylation sites is 1. The number of likely N-dealkylation sites (N-methyl/N-ethyl adjacent to an activating group) is 1. The Kier molecular flexibility index (Phi) is 5.58. The van der Waals surface area contributed by atoms with Crippen molar-refractivity contribution in [3.8, 4) is 23.1 Å². The number of pyridine rings is 2. The molecule has 0 fully saturated rings. The highest BCUT2D eigenvalue weighted by Crippen LogP contribution is 2.28. The van der Waals surface area contributed by atoms with Crippen LogP contribution in [-0.2, 0) is 4.79 Å². The standard InChI is InChI=1S/C27H23N5O2/c1-17-26(32-15-7-6-10-25(32)29-17)21-12-14-24(31-27(33)18(2)28-3)30-22(21)13-11-20-16-19-8-4-5-9-23(19)34-20/h4-10,12,14-16,18,28H,1-3H3,(H,30,31,33). The van der Waals surface area contributed by atoms with Gasteiger partial charge in [-0.05, 0) is 63.1 Å². The van der Waals surface area contributed by atoms with Gasteiger partial charge in [-0.25, -0.2) is 9.97 Å². The molecule has 0 spiro atoms. The second-order valence-corrected chi connectivity index (χ2v) is 7.97. The fourth-order valence-corrected chi connectivity index (χ4v) is 3.78. The fourth-order valence-electron chi connectivity index (χ4n) is 3.78. The van der Waals surface area contributed by atoms with E-state index in [2.05, 4.69) is 32.4 Å². The van der Waals surface area contributed by atoms with E-state index < -0.39 is 0 Å². The van der Waals surface area contributed by atoms with E-state index >= 15 is 0 Å². The van der Waals surface area contributed by atoms with Crippen LogP contribution in [0.3, 0.4) is 0 Å². The SMILES string of the molecule is CNC(C)C(=O)Nc1ccc(-c2c(C)nc3ccccn23)c(C#Cc2cc3ccccc3o2)n1. The molecule has 1 aromatic carbocycles. The third kappa shape index (κ3) is 4.03. The first kappa shape index (κ1) is 21.4. The van der Waals surface area contributed by atoms with Crippen molar-refractivity contribution >= 4 is 28.3 Å². The van der Waals surface area contributed by atoms with Gasteiger partial charge in [-0.1, -0.05) is 24.3 Å². The maximum Gasteiger partial charge on any atom is 0.242 e. The van der Waals surface area contributed by atoms with Crippen molar-refractivity contribution in [3.05, 3.63) is 84.0 Å². The lowest BCUT2D eigenvalue weighted by Gasteiger charge is -2.12. The summed E-state index contributed by atoms with van der Waals surface area (Å²) in [5, 5.41) is 6.77. The molecule has 0 saturated heterocycles. The number of rotatable bonds is 4. The predicted molar refractivity (Wildman–Crippen MR) is 133 cm³/mol. The summed E-state index contributed by atoms with van der Waals surface area (Å²) in [5.74, 6) is 7.06. The van der Waals surface area contributed by atoms with Gasteiger partial charge in [0.05, 0.1) is 17.4 Å². The molecule has 1 atom stereocenters. The number of aryl methyl sites for hydroxylation is 1. The summed E-state index contributed by atoms with van der Waals surface area (Å²) >= 11 is 0. The van der Waals surface area contributed by atoms with Crippen molar-refractivity contribution in [3.63, 3.8) is 0 Å². The van der Waals surface area contributed by atoms with E-state index in [0.717, 1.165) is 33.6 Å². The number of anilines is 1. The van der Waals surface area contributed by atoms with Crippen LogP contribution in [0.25, 0.3) is 27.9 Å². The van der Waals surface area contributed by atoms with E-state index in [1.54, 1.807) is 20.0 Å². The summed E-state index contributed by atoms with van der Waals surface area (Å²) in [7, 11) is 1.73. The Morgan fingerprint density at radius 1 is 1.06 bits per heavy atom. The molecule has 34 heavy (non-hydrogen) atoms. The minimum absolute atomic E-state index is 0.176. The fraction of sp³-hybridized carbons (Fsp3) is 0.148. The van der Waals surface area contributed by atoms with Crippen molar-refractivity contribution in [2.75, 3.05) is 12.4 Å². The largest absolute Gasteiger partial charge is 0.448 e. The molecule has 0 saturated carbocycles. The van der Waals surface area contributed by atoms with Gasteiger partial charge in [0.1, 0.15) is 22.7 Å². The Bertz CT molecular complexity index is 1550. The van der Waals surface area contributed by atoms with E-state index in [1.165, 1.54) is 0 Å². The zero-order valence-electron chi connectivity index (χ0n) is 19.1. The lowest BCUT2D eigenvalue weighted by atomic mass is 10.1. The van der Waals surface area contributed by atoms with Gasteiger partial charge in [-0.2, -0.15) is 0 Å². The van der Waals surface area contributed by atoms with Gasteiger partial charge in [0.25, 0.3) is 0 Å². The third-order valence-corrected chi connectivity index (χ3v) is 5.66. The zero-order valence-corrected chi connectivity index (χ0v) is 19.1. The van der Waals surface area contributed by atoms with E-state index in [4.69, 9.17) is 4.42 Å². The summed E-state index contributed by atoms with van der Waals surface area (Å²) in [6.45, 7) is 3.75. The first-order valence-electron chi connectivity index (χ1n) is 11.0. The van der Waals surface area contributed by atoms with Crippen LogP contribution < -0.4 is 10.6 Å². The number of benzene rings is 1. The highest BCUT2D eigenvalue weighted by atomic mass is 16.3. The summed E-state index contributed by atoms with van der Waals surface area (Å²) in [6, 6.07) is 18.9. The number of imidazole rings is 1. The average Bonchev–Trinajstić information content (AvgIpc) is 3.42. The van der Waals surface area contributed by atoms with Crippen LogP contribution in [-0.4, -0.2) is 33.4 Å². The summed E-state index contributed by atoms with van der Waals surface area (Å²) in [6.07, 6.45) is 1.96. The van der Waals surface area contributed by atoms with Crippen molar-refractivity contribution in [2.24, 2.45) is 0 Å². The number of fused-ring (bicyclic) bond motifs is 2. The van der Waals surface area contributed by atoms with Crippen LogP contribution in [0.4, 0.5) is 5.82 Å². The van der Waals surface area contributed by atoms with Gasteiger partial charge in [-0.3, -0.25) is 9.20 Å². The molecule has 5 aromatic rings. The van der Waals surface area contributed by atoms with Gasteiger partial charge < -0.3 is 15.1 Å². The van der Waals surface area contributed by atoms with Crippen molar-refractivity contribution in [2.45, 2.75) is 19.9 Å². The predicted octanol–water partition coefficient (Wildman–Crippen LogP) is 4.40. The minimum Gasteiger partial charge on any atom is -0.448 e. The highest BCUT2D eigenvalue weighted by molar-refractivity contribution is 5.94. The molecule has 0 aliphatic carbocycles. The van der Waals surface area contributed by atoms with Crippen molar-refractivity contribution in [1.82, 2.24) is 19.7 Å². The van der Waals surface area contributed by atoms with Crippen LogP contribution >= 0.6 is 0 Å². The quantitative estimate of drug-likeness (QED) is 0.398. The van der Waals surface area contributed by atoms with E-state index in [1.807, 2.05) is 72.1 Å². The number of hydrogen-bond donors (Lipinski definition) is 2. The molecule has 4 heterocycles. The van der Waals surface area contributed by atoms with Crippen molar-refractivity contribution < 1.29 is 9.21 Å². The summed E-state index contributed by atoms with van der Waals surface area (Å²) < 4.78 is 7.87. The van der Waals surface area contributed by atoms with Gasteiger partial charge in [0.15, 0.2) is 5.76 Å². The zero-order chi connectivity index (χ0) is 23.7. The van der Waals surface area contributed by atoms with E-state index in [9.17, 15) is 4.79 Å². The normalized spacial score (nSPS) is 11.9. The number of nitrogens with one attached hydrogen (secondary N) is 2. The van der Waals surface area contributed by atoms with Crippen LogP contribution in [0.1, 0.15) is 24.1 Å². The van der Waals surface area contributed by atoms with Gasteiger partial charge in [-0.15, -0.1) is 0 Å². The third-order valence-electron chi connectivity index (χ3n) is 5.66. The Balaban J connectivity index is 1.63. The highest BCUT2D eigenvalue weighted by Gasteiger charge is 2.17. The second kappa shape index (κ2) is 8.85. The number of aromatic nitrogens is 3. The van der Waals surface area contributed by atoms with E-state index in [0.29, 0.717) is 17.3 Å². The Labute approximate surface area is 196 Å². The molecule has 0 aliphatic rings. The van der Waals surface area contributed by atoms with Crippen LogP contribution in [0.2, 0.25) is 0 Å². The first-order chi connectivity index (χ1) is 16.5. The van der Waals surface area contributed by atoms with E-state index in [-0.39, 0.29) is 11.9 Å². The molecule has 7 nitrogen and oxygen atoms in total. The lowest BCUT2D eigenvalue weighted by Crippen LogP contribution is -2.35. The van der Waals surface area contributed by atoms with Gasteiger partial charge in [0.2, 0.25) is 5.91 Å². The number of furan rings is 1. The number of nitrogens with zero attached hydrogens (tertiary/aromatic N) is 3. The molecule has 0 aliphatic heterocycles. The second-order valence-electron chi connectivity index (χ2n) is 7.97.